The summed E-state index contributed by atoms with van der Waals surface area (Å²) in [5.41, 5.74) is 1.45. The molecule has 3 aromatic carbocycles. The molecule has 0 aliphatic rings. The van der Waals surface area contributed by atoms with E-state index in [2.05, 4.69) is 5.32 Å². The van der Waals surface area contributed by atoms with Crippen LogP contribution in [-0.2, 0) is 26.2 Å². The molecule has 0 bridgehead atoms. The summed E-state index contributed by atoms with van der Waals surface area (Å²) in [5, 5.41) is 3.02. The van der Waals surface area contributed by atoms with Crippen molar-refractivity contribution in [1.82, 2.24) is 10.2 Å². The fourth-order valence-electron chi connectivity index (χ4n) is 4.03. The van der Waals surface area contributed by atoms with Gasteiger partial charge in [0.05, 0.1) is 15.6 Å². The van der Waals surface area contributed by atoms with E-state index in [9.17, 15) is 22.4 Å². The van der Waals surface area contributed by atoms with E-state index in [0.29, 0.717) is 12.1 Å². The molecule has 0 radical (unpaired) electrons. The zero-order chi connectivity index (χ0) is 28.7. The Labute approximate surface area is 238 Å². The molecule has 208 valence electrons. The van der Waals surface area contributed by atoms with Gasteiger partial charge in [-0.2, -0.15) is 0 Å². The number of carbonyl (C=O) groups is 2. The highest BCUT2D eigenvalue weighted by Crippen LogP contribution is 2.33. The van der Waals surface area contributed by atoms with E-state index in [1.54, 1.807) is 26.0 Å². The third kappa shape index (κ3) is 7.50. The van der Waals surface area contributed by atoms with Gasteiger partial charge < -0.3 is 10.2 Å². The normalized spacial score (nSPS) is 12.1. The number of rotatable bonds is 11. The summed E-state index contributed by atoms with van der Waals surface area (Å²) in [6.45, 7) is 4.97. The first-order chi connectivity index (χ1) is 18.5. The third-order valence-corrected chi connectivity index (χ3v) is 8.40. The van der Waals surface area contributed by atoms with Crippen LogP contribution in [0.15, 0.2) is 71.6 Å². The lowest BCUT2D eigenvalue weighted by Crippen LogP contribution is -2.52. The Balaban J connectivity index is 2.10. The van der Waals surface area contributed by atoms with Gasteiger partial charge in [-0.25, -0.2) is 12.8 Å². The lowest BCUT2D eigenvalue weighted by Gasteiger charge is -2.33. The molecule has 0 aromatic heterocycles. The second-order valence-corrected chi connectivity index (χ2v) is 11.6. The molecule has 0 fully saturated rings. The van der Waals surface area contributed by atoms with E-state index >= 15 is 0 Å². The van der Waals surface area contributed by atoms with Gasteiger partial charge in [-0.1, -0.05) is 60.0 Å². The molecule has 0 saturated carbocycles. The molecule has 0 heterocycles. The Bertz CT molecular complexity index is 1420. The number of hydrogen-bond acceptors (Lipinski definition) is 4. The summed E-state index contributed by atoms with van der Waals surface area (Å²) < 4.78 is 42.2. The monoisotopic (exact) mass is 593 g/mol. The number of nitrogens with one attached hydrogen (secondary N) is 1. The van der Waals surface area contributed by atoms with Gasteiger partial charge in [-0.15, -0.1) is 0 Å². The molecule has 3 rings (SSSR count). The second-order valence-electron chi connectivity index (χ2n) is 8.89. The Morgan fingerprint density at radius 2 is 1.62 bits per heavy atom. The zero-order valence-electron chi connectivity index (χ0n) is 21.8. The minimum Gasteiger partial charge on any atom is -0.355 e. The van der Waals surface area contributed by atoms with Crippen molar-refractivity contribution in [3.63, 3.8) is 0 Å². The number of likely N-dealkylation sites (N-methyl/N-ethyl adjacent to an activating group) is 1. The van der Waals surface area contributed by atoms with Gasteiger partial charge in [-0.05, 0) is 68.3 Å². The van der Waals surface area contributed by atoms with Crippen LogP contribution in [0.1, 0.15) is 31.4 Å². The van der Waals surface area contributed by atoms with Gasteiger partial charge in [-0.3, -0.25) is 13.9 Å². The van der Waals surface area contributed by atoms with Crippen molar-refractivity contribution in [2.75, 3.05) is 17.4 Å². The smallest absolute Gasteiger partial charge is 0.264 e. The predicted octanol–water partition coefficient (Wildman–Crippen LogP) is 5.58. The quantitative estimate of drug-likeness (QED) is 0.314. The lowest BCUT2D eigenvalue weighted by atomic mass is 10.1. The molecule has 39 heavy (non-hydrogen) atoms. The van der Waals surface area contributed by atoms with Crippen LogP contribution < -0.4 is 9.62 Å². The van der Waals surface area contributed by atoms with E-state index in [1.807, 2.05) is 6.92 Å². The van der Waals surface area contributed by atoms with Crippen molar-refractivity contribution in [3.05, 3.63) is 93.7 Å². The Kier molecular flexibility index (Phi) is 10.4. The number of nitrogens with zero attached hydrogens (tertiary/aromatic N) is 2. The van der Waals surface area contributed by atoms with Crippen LogP contribution in [0.5, 0.6) is 0 Å². The average molecular weight is 595 g/mol. The minimum atomic E-state index is -4.29. The number of amides is 2. The third-order valence-electron chi connectivity index (χ3n) is 6.07. The number of sulfonamides is 1. The van der Waals surface area contributed by atoms with E-state index < -0.39 is 34.3 Å². The Hall–Kier alpha value is -3.14. The fraction of sp³-hybridized carbons (Fsp3) is 0.286. The van der Waals surface area contributed by atoms with Crippen LogP contribution in [-0.4, -0.2) is 44.3 Å². The molecule has 1 atom stereocenters. The van der Waals surface area contributed by atoms with Crippen molar-refractivity contribution in [2.24, 2.45) is 0 Å². The molecule has 0 spiro atoms. The first-order valence-corrected chi connectivity index (χ1v) is 14.5. The number of benzene rings is 3. The maximum atomic E-state index is 13.9. The van der Waals surface area contributed by atoms with Crippen molar-refractivity contribution in [3.8, 4) is 0 Å². The number of hydrogen-bond donors (Lipinski definition) is 1. The van der Waals surface area contributed by atoms with Crippen LogP contribution in [0.4, 0.5) is 10.1 Å². The van der Waals surface area contributed by atoms with Crippen LogP contribution in [0, 0.1) is 12.7 Å². The highest BCUT2D eigenvalue weighted by Gasteiger charge is 2.34. The van der Waals surface area contributed by atoms with Crippen LogP contribution >= 0.6 is 23.2 Å². The highest BCUT2D eigenvalue weighted by atomic mass is 35.5. The molecule has 0 aliphatic carbocycles. The van der Waals surface area contributed by atoms with E-state index in [1.165, 1.54) is 59.5 Å². The average Bonchev–Trinajstić information content (AvgIpc) is 2.90. The Morgan fingerprint density at radius 3 is 2.21 bits per heavy atom. The van der Waals surface area contributed by atoms with Crippen LogP contribution in [0.25, 0.3) is 0 Å². The summed E-state index contributed by atoms with van der Waals surface area (Å²) in [6.07, 6.45) is 0.265. The van der Waals surface area contributed by atoms with Crippen molar-refractivity contribution in [2.45, 2.75) is 44.7 Å². The van der Waals surface area contributed by atoms with Gasteiger partial charge in [0.25, 0.3) is 10.0 Å². The van der Waals surface area contributed by atoms with E-state index in [4.69, 9.17) is 23.2 Å². The van der Waals surface area contributed by atoms with Crippen molar-refractivity contribution in [1.29, 1.82) is 0 Å². The molecule has 3 aromatic rings. The number of carbonyl (C=O) groups excluding carboxylic acids is 2. The molecule has 2 amide bonds. The molecule has 7 nitrogen and oxygen atoms in total. The maximum absolute atomic E-state index is 13.9. The Morgan fingerprint density at radius 1 is 0.974 bits per heavy atom. The first-order valence-electron chi connectivity index (χ1n) is 12.3. The number of aryl methyl sites for hydroxylation is 1. The number of anilines is 1. The van der Waals surface area contributed by atoms with Gasteiger partial charge in [0.1, 0.15) is 18.4 Å². The summed E-state index contributed by atoms with van der Waals surface area (Å²) in [4.78, 5) is 28.1. The maximum Gasteiger partial charge on any atom is 0.264 e. The van der Waals surface area contributed by atoms with Crippen molar-refractivity contribution < 1.29 is 22.4 Å². The summed E-state index contributed by atoms with van der Waals surface area (Å²) in [5.74, 6) is -1.48. The minimum absolute atomic E-state index is 0.0193. The zero-order valence-corrected chi connectivity index (χ0v) is 24.2. The molecule has 0 unspecified atom stereocenters. The second kappa shape index (κ2) is 13.3. The van der Waals surface area contributed by atoms with Crippen LogP contribution in [0.2, 0.25) is 10.0 Å². The van der Waals surface area contributed by atoms with Crippen LogP contribution in [0.3, 0.4) is 0 Å². The van der Waals surface area contributed by atoms with E-state index in [0.717, 1.165) is 9.87 Å². The van der Waals surface area contributed by atoms with Gasteiger partial charge in [0.2, 0.25) is 11.8 Å². The molecular formula is C28H30Cl2FN3O4S. The molecule has 11 heteroatoms. The van der Waals surface area contributed by atoms with Gasteiger partial charge in [0.15, 0.2) is 0 Å². The highest BCUT2D eigenvalue weighted by molar-refractivity contribution is 7.92. The lowest BCUT2D eigenvalue weighted by molar-refractivity contribution is -0.140. The number of halogens is 3. The first kappa shape index (κ1) is 30.4. The summed E-state index contributed by atoms with van der Waals surface area (Å²) in [7, 11) is -4.29. The molecular weight excluding hydrogens is 564 g/mol. The fourth-order valence-corrected chi connectivity index (χ4v) is 5.89. The predicted molar refractivity (Wildman–Crippen MR) is 152 cm³/mol. The van der Waals surface area contributed by atoms with Gasteiger partial charge in [0, 0.05) is 18.1 Å². The van der Waals surface area contributed by atoms with Gasteiger partial charge >= 0.3 is 0 Å². The molecule has 1 N–H and O–H groups in total. The standard InChI is InChI=1S/C28H30Cl2FN3O4S/c1-4-25(28(36)32-5-2)33(17-20-8-11-22(31)12-9-20)27(35)18-34(26-16-21(29)10-15-24(26)30)39(37,38)23-13-6-19(3)7-14-23/h6-16,25H,4-5,17-18H2,1-3H3,(H,32,36)/t25-/m0/s1. The van der Waals surface area contributed by atoms with Crippen molar-refractivity contribution >= 4 is 50.7 Å². The SMILES string of the molecule is CCNC(=O)[C@H](CC)N(Cc1ccc(F)cc1)C(=O)CN(c1cc(Cl)ccc1Cl)S(=O)(=O)c1ccc(C)cc1. The molecule has 0 saturated heterocycles. The van der Waals surface area contributed by atoms with E-state index in [-0.39, 0.29) is 39.5 Å². The summed E-state index contributed by atoms with van der Waals surface area (Å²) in [6, 6.07) is 15.1. The topological polar surface area (TPSA) is 86.8 Å². The largest absolute Gasteiger partial charge is 0.355 e. The summed E-state index contributed by atoms with van der Waals surface area (Å²) >= 11 is 12.6. The molecule has 0 aliphatic heterocycles.